The van der Waals surface area contributed by atoms with E-state index in [0.717, 1.165) is 14.8 Å². The van der Waals surface area contributed by atoms with Crippen molar-refractivity contribution in [2.75, 3.05) is 5.32 Å². The Hall–Kier alpha value is -1.11. The van der Waals surface area contributed by atoms with Crippen molar-refractivity contribution in [3.8, 4) is 5.75 Å². The zero-order valence-electron chi connectivity index (χ0n) is 10.5. The van der Waals surface area contributed by atoms with E-state index in [1.807, 2.05) is 19.9 Å². The van der Waals surface area contributed by atoms with Crippen LogP contribution in [-0.2, 0) is 16.0 Å². The van der Waals surface area contributed by atoms with Gasteiger partial charge in [-0.25, -0.2) is 0 Å². The first kappa shape index (κ1) is 13.3. The highest BCUT2D eigenvalue weighted by molar-refractivity contribution is 14.1. The number of amides is 1. The third-order valence-electron chi connectivity index (χ3n) is 2.91. The van der Waals surface area contributed by atoms with Gasteiger partial charge in [-0.2, -0.15) is 0 Å². The van der Waals surface area contributed by atoms with Crippen LogP contribution in [0.15, 0.2) is 12.1 Å². The quantitative estimate of drug-likeness (QED) is 0.477. The van der Waals surface area contributed by atoms with Gasteiger partial charge in [0, 0.05) is 24.1 Å². The Morgan fingerprint density at radius 1 is 1.44 bits per heavy atom. The summed E-state index contributed by atoms with van der Waals surface area (Å²) in [5.41, 5.74) is 1.40. The van der Waals surface area contributed by atoms with E-state index in [9.17, 15) is 9.59 Å². The lowest BCUT2D eigenvalue weighted by atomic mass is 9.81. The van der Waals surface area contributed by atoms with Gasteiger partial charge in [0.05, 0.1) is 3.57 Å². The van der Waals surface area contributed by atoms with Crippen molar-refractivity contribution < 1.29 is 14.3 Å². The Balaban J connectivity index is 2.42. The van der Waals surface area contributed by atoms with Gasteiger partial charge in [-0.1, -0.05) is 13.8 Å². The lowest BCUT2D eigenvalue weighted by Crippen LogP contribution is -2.37. The fourth-order valence-electron chi connectivity index (χ4n) is 1.94. The van der Waals surface area contributed by atoms with Crippen molar-refractivity contribution in [3.63, 3.8) is 0 Å². The molecule has 1 amide bonds. The first-order valence-corrected chi connectivity index (χ1v) is 6.70. The maximum absolute atomic E-state index is 11.9. The molecule has 0 saturated heterocycles. The number of anilines is 1. The van der Waals surface area contributed by atoms with Crippen LogP contribution in [0, 0.1) is 8.99 Å². The van der Waals surface area contributed by atoms with Gasteiger partial charge >= 0.3 is 5.97 Å². The van der Waals surface area contributed by atoms with E-state index in [1.165, 1.54) is 6.92 Å². The molecule has 1 aliphatic heterocycles. The predicted molar refractivity (Wildman–Crippen MR) is 76.6 cm³/mol. The molecule has 1 aromatic rings. The molecule has 0 aromatic heterocycles. The summed E-state index contributed by atoms with van der Waals surface area (Å²) in [5, 5.41) is 2.86. The van der Waals surface area contributed by atoms with Crippen LogP contribution in [0.5, 0.6) is 5.75 Å². The standard InChI is InChI=1S/C13H14INO3/c1-7(16)18-11-5-10-8(4-9(11)14)6-13(2,3)12(17)15-10/h4-5H,6H2,1-3H3,(H,15,17). The molecule has 0 unspecified atom stereocenters. The summed E-state index contributed by atoms with van der Waals surface area (Å²) in [4.78, 5) is 22.9. The fraction of sp³-hybridized carbons (Fsp3) is 0.385. The lowest BCUT2D eigenvalue weighted by molar-refractivity contribution is -0.131. The minimum Gasteiger partial charge on any atom is -0.426 e. The molecule has 0 aliphatic carbocycles. The SMILES string of the molecule is CC(=O)Oc1cc2c(cc1I)CC(C)(C)C(=O)N2. The zero-order chi connectivity index (χ0) is 13.5. The molecule has 0 spiro atoms. The highest BCUT2D eigenvalue weighted by atomic mass is 127. The Labute approximate surface area is 119 Å². The summed E-state index contributed by atoms with van der Waals surface area (Å²) in [6, 6.07) is 3.67. The Bertz CT molecular complexity index is 537. The number of hydrogen-bond acceptors (Lipinski definition) is 3. The number of esters is 1. The van der Waals surface area contributed by atoms with Crippen molar-refractivity contribution in [1.82, 2.24) is 0 Å². The van der Waals surface area contributed by atoms with Gasteiger partial charge in [-0.05, 0) is 40.6 Å². The summed E-state index contributed by atoms with van der Waals surface area (Å²) >= 11 is 2.13. The molecule has 0 saturated carbocycles. The monoisotopic (exact) mass is 359 g/mol. The molecule has 5 heteroatoms. The number of ether oxygens (including phenoxy) is 1. The van der Waals surface area contributed by atoms with Crippen LogP contribution < -0.4 is 10.1 Å². The summed E-state index contributed by atoms with van der Waals surface area (Å²) in [6.45, 7) is 5.19. The smallest absolute Gasteiger partial charge is 0.308 e. The molecule has 96 valence electrons. The van der Waals surface area contributed by atoms with Crippen molar-refractivity contribution in [2.45, 2.75) is 27.2 Å². The third-order valence-corrected chi connectivity index (χ3v) is 3.75. The molecule has 0 fully saturated rings. The van der Waals surface area contributed by atoms with E-state index in [4.69, 9.17) is 4.74 Å². The van der Waals surface area contributed by atoms with Crippen molar-refractivity contribution in [3.05, 3.63) is 21.3 Å². The molecule has 0 bridgehead atoms. The van der Waals surface area contributed by atoms with E-state index < -0.39 is 5.41 Å². The Morgan fingerprint density at radius 2 is 2.11 bits per heavy atom. The van der Waals surface area contributed by atoms with Gasteiger partial charge in [0.15, 0.2) is 0 Å². The molecule has 1 heterocycles. The van der Waals surface area contributed by atoms with Gasteiger partial charge in [0.25, 0.3) is 0 Å². The molecular weight excluding hydrogens is 345 g/mol. The van der Waals surface area contributed by atoms with Crippen LogP contribution in [0.4, 0.5) is 5.69 Å². The number of benzene rings is 1. The van der Waals surface area contributed by atoms with Crippen molar-refractivity contribution in [1.29, 1.82) is 0 Å². The van der Waals surface area contributed by atoms with Crippen LogP contribution >= 0.6 is 22.6 Å². The molecule has 1 aromatic carbocycles. The van der Waals surface area contributed by atoms with Gasteiger partial charge in [0.1, 0.15) is 5.75 Å². The van der Waals surface area contributed by atoms with E-state index >= 15 is 0 Å². The lowest BCUT2D eigenvalue weighted by Gasteiger charge is -2.30. The first-order chi connectivity index (χ1) is 8.29. The summed E-state index contributed by atoms with van der Waals surface area (Å²) in [7, 11) is 0. The van der Waals surface area contributed by atoms with E-state index in [-0.39, 0.29) is 11.9 Å². The average molecular weight is 359 g/mol. The third kappa shape index (κ3) is 2.50. The molecule has 1 aliphatic rings. The second-order valence-electron chi connectivity index (χ2n) is 5.05. The van der Waals surface area contributed by atoms with Crippen LogP contribution in [0.1, 0.15) is 26.3 Å². The minimum atomic E-state index is -0.404. The Kier molecular flexibility index (Phi) is 3.35. The summed E-state index contributed by atoms with van der Waals surface area (Å²) < 4.78 is 5.97. The number of carbonyl (C=O) groups is 2. The van der Waals surface area contributed by atoms with E-state index in [2.05, 4.69) is 27.9 Å². The summed E-state index contributed by atoms with van der Waals surface area (Å²) in [5.74, 6) is 0.113. The highest BCUT2D eigenvalue weighted by Gasteiger charge is 2.34. The number of carbonyl (C=O) groups excluding carboxylic acids is 2. The second-order valence-corrected chi connectivity index (χ2v) is 6.21. The fourth-order valence-corrected chi connectivity index (χ4v) is 2.58. The van der Waals surface area contributed by atoms with Gasteiger partial charge < -0.3 is 10.1 Å². The summed E-state index contributed by atoms with van der Waals surface area (Å²) in [6.07, 6.45) is 0.685. The highest BCUT2D eigenvalue weighted by Crippen LogP contribution is 2.37. The normalized spacial score (nSPS) is 16.8. The van der Waals surface area contributed by atoms with Gasteiger partial charge in [0.2, 0.25) is 5.91 Å². The van der Waals surface area contributed by atoms with Gasteiger partial charge in [-0.15, -0.1) is 0 Å². The zero-order valence-corrected chi connectivity index (χ0v) is 12.6. The first-order valence-electron chi connectivity index (χ1n) is 5.62. The minimum absolute atomic E-state index is 0.00927. The second kappa shape index (κ2) is 4.53. The van der Waals surface area contributed by atoms with Crippen LogP contribution in [0.25, 0.3) is 0 Å². The number of halogens is 1. The van der Waals surface area contributed by atoms with E-state index in [0.29, 0.717) is 12.2 Å². The number of hydrogen-bond donors (Lipinski definition) is 1. The molecule has 1 N–H and O–H groups in total. The topological polar surface area (TPSA) is 55.4 Å². The predicted octanol–water partition coefficient (Wildman–Crippen LogP) is 2.74. The molecule has 0 atom stereocenters. The number of rotatable bonds is 1. The average Bonchev–Trinajstić information content (AvgIpc) is 2.21. The molecule has 4 nitrogen and oxygen atoms in total. The van der Waals surface area contributed by atoms with Crippen LogP contribution in [0.3, 0.4) is 0 Å². The van der Waals surface area contributed by atoms with Crippen molar-refractivity contribution >= 4 is 40.2 Å². The molecule has 2 rings (SSSR count). The maximum Gasteiger partial charge on any atom is 0.308 e. The number of nitrogens with one attached hydrogen (secondary N) is 1. The van der Waals surface area contributed by atoms with Crippen LogP contribution in [0.2, 0.25) is 0 Å². The van der Waals surface area contributed by atoms with E-state index in [1.54, 1.807) is 6.07 Å². The maximum atomic E-state index is 11.9. The van der Waals surface area contributed by atoms with Gasteiger partial charge in [-0.3, -0.25) is 9.59 Å². The molecule has 0 radical (unpaired) electrons. The number of fused-ring (bicyclic) bond motifs is 1. The Morgan fingerprint density at radius 3 is 2.72 bits per heavy atom. The molecular formula is C13H14INO3. The van der Waals surface area contributed by atoms with Crippen molar-refractivity contribution in [2.24, 2.45) is 5.41 Å². The largest absolute Gasteiger partial charge is 0.426 e. The van der Waals surface area contributed by atoms with Crippen LogP contribution in [-0.4, -0.2) is 11.9 Å². The molecule has 18 heavy (non-hydrogen) atoms.